The monoisotopic (exact) mass is 287 g/mol. The van der Waals surface area contributed by atoms with Crippen LogP contribution in [0.25, 0.3) is 0 Å². The first kappa shape index (κ1) is 12.7. The van der Waals surface area contributed by atoms with Crippen molar-refractivity contribution in [1.82, 2.24) is 20.1 Å². The Morgan fingerprint density at radius 2 is 2.05 bits per heavy atom. The van der Waals surface area contributed by atoms with Crippen LogP contribution in [-0.4, -0.2) is 38.8 Å². The van der Waals surface area contributed by atoms with Crippen LogP contribution in [0.2, 0.25) is 0 Å². The summed E-state index contributed by atoms with van der Waals surface area (Å²) >= 11 is 0. The number of nitrogens with zero attached hydrogens (tertiary/aromatic N) is 5. The third-order valence-corrected chi connectivity index (χ3v) is 4.18. The Balaban J connectivity index is 1.49. The molecule has 2 saturated heterocycles. The van der Waals surface area contributed by atoms with Gasteiger partial charge in [0.2, 0.25) is 5.95 Å². The van der Waals surface area contributed by atoms with E-state index in [1.165, 1.54) is 0 Å². The van der Waals surface area contributed by atoms with Gasteiger partial charge in [0.05, 0.1) is 12.1 Å². The van der Waals surface area contributed by atoms with E-state index < -0.39 is 0 Å². The predicted octanol–water partition coefficient (Wildman–Crippen LogP) is 1.67. The van der Waals surface area contributed by atoms with Crippen LogP contribution in [0.1, 0.15) is 37.1 Å². The van der Waals surface area contributed by atoms with E-state index in [1.54, 1.807) is 12.4 Å². The minimum atomic E-state index is -0.0795. The molecule has 7 heteroatoms. The van der Waals surface area contributed by atoms with Gasteiger partial charge in [-0.15, -0.1) is 0 Å². The highest BCUT2D eigenvalue weighted by Crippen LogP contribution is 2.38. The van der Waals surface area contributed by atoms with Crippen LogP contribution in [0.3, 0.4) is 0 Å². The second-order valence-electron chi connectivity index (χ2n) is 5.52. The molecule has 2 aliphatic heterocycles. The fourth-order valence-corrected chi connectivity index (χ4v) is 3.24. The van der Waals surface area contributed by atoms with Gasteiger partial charge in [0.15, 0.2) is 5.82 Å². The maximum absolute atomic E-state index is 6.17. The highest BCUT2D eigenvalue weighted by molar-refractivity contribution is 5.34. The van der Waals surface area contributed by atoms with Crippen LogP contribution in [0, 0.1) is 6.92 Å². The number of fused-ring (bicyclic) bond motifs is 1. The van der Waals surface area contributed by atoms with Crippen molar-refractivity contribution in [2.24, 2.45) is 0 Å². The topological polar surface area (TPSA) is 77.2 Å². The van der Waals surface area contributed by atoms with Gasteiger partial charge in [-0.1, -0.05) is 5.16 Å². The van der Waals surface area contributed by atoms with Crippen molar-refractivity contribution < 1.29 is 9.26 Å². The smallest absolute Gasteiger partial charge is 0.255 e. The lowest BCUT2D eigenvalue weighted by Crippen LogP contribution is -2.41. The molecule has 0 unspecified atom stereocenters. The molecule has 21 heavy (non-hydrogen) atoms. The Morgan fingerprint density at radius 3 is 2.81 bits per heavy atom. The van der Waals surface area contributed by atoms with Crippen molar-refractivity contribution in [3.63, 3.8) is 0 Å². The molecule has 0 aliphatic carbocycles. The highest BCUT2D eigenvalue weighted by Gasteiger charge is 2.42. The number of rotatable bonds is 2. The van der Waals surface area contributed by atoms with E-state index in [-0.39, 0.29) is 12.2 Å². The molecule has 0 spiro atoms. The van der Waals surface area contributed by atoms with Gasteiger partial charge in [-0.3, -0.25) is 0 Å². The number of hydrogen-bond acceptors (Lipinski definition) is 7. The van der Waals surface area contributed by atoms with E-state index in [9.17, 15) is 0 Å². The van der Waals surface area contributed by atoms with Crippen molar-refractivity contribution in [1.29, 1.82) is 0 Å². The van der Waals surface area contributed by atoms with Gasteiger partial charge in [0.1, 0.15) is 6.10 Å². The second kappa shape index (κ2) is 5.07. The number of ether oxygens (including phenoxy) is 1. The number of hydrogen-bond donors (Lipinski definition) is 0. The average Bonchev–Trinajstić information content (AvgIpc) is 3.13. The molecule has 4 heterocycles. The lowest BCUT2D eigenvalue weighted by atomic mass is 9.99. The van der Waals surface area contributed by atoms with Crippen molar-refractivity contribution in [3.05, 3.63) is 30.2 Å². The van der Waals surface area contributed by atoms with Crippen molar-refractivity contribution in [2.45, 2.75) is 44.4 Å². The molecular weight excluding hydrogens is 270 g/mol. The van der Waals surface area contributed by atoms with E-state index in [0.717, 1.165) is 31.8 Å². The fourth-order valence-electron chi connectivity index (χ4n) is 3.24. The van der Waals surface area contributed by atoms with Gasteiger partial charge in [0, 0.05) is 18.9 Å². The van der Waals surface area contributed by atoms with Crippen LogP contribution in [0.15, 0.2) is 23.0 Å². The predicted molar refractivity (Wildman–Crippen MR) is 73.7 cm³/mol. The summed E-state index contributed by atoms with van der Waals surface area (Å²) in [7, 11) is 0. The molecule has 0 radical (unpaired) electrons. The fraction of sp³-hybridized carbons (Fsp3) is 0.571. The molecular formula is C14H17N5O2. The molecule has 2 fully saturated rings. The first-order chi connectivity index (χ1) is 10.3. The number of anilines is 1. The highest BCUT2D eigenvalue weighted by atomic mass is 16.5. The quantitative estimate of drug-likeness (QED) is 0.831. The molecule has 3 atom stereocenters. The summed E-state index contributed by atoms with van der Waals surface area (Å²) in [5.41, 5.74) is 0. The van der Waals surface area contributed by atoms with Crippen molar-refractivity contribution in [3.8, 4) is 0 Å². The molecule has 7 nitrogen and oxygen atoms in total. The minimum absolute atomic E-state index is 0.0795. The molecule has 110 valence electrons. The van der Waals surface area contributed by atoms with Gasteiger partial charge in [-0.2, -0.15) is 4.98 Å². The van der Waals surface area contributed by atoms with Gasteiger partial charge >= 0.3 is 0 Å². The summed E-state index contributed by atoms with van der Waals surface area (Å²) < 4.78 is 11.4. The third kappa shape index (κ3) is 2.27. The van der Waals surface area contributed by atoms with Gasteiger partial charge in [0.25, 0.3) is 5.89 Å². The zero-order valence-electron chi connectivity index (χ0n) is 11.8. The largest absolute Gasteiger partial charge is 0.363 e. The van der Waals surface area contributed by atoms with E-state index >= 15 is 0 Å². The Bertz CT molecular complexity index is 617. The zero-order chi connectivity index (χ0) is 14.2. The number of aromatic nitrogens is 4. The van der Waals surface area contributed by atoms with Gasteiger partial charge in [-0.25, -0.2) is 9.97 Å². The van der Waals surface area contributed by atoms with E-state index in [4.69, 9.17) is 9.26 Å². The molecule has 0 N–H and O–H groups in total. The molecule has 0 bridgehead atoms. The molecule has 0 aromatic carbocycles. The lowest BCUT2D eigenvalue weighted by Gasteiger charge is -2.34. The molecule has 4 rings (SSSR count). The van der Waals surface area contributed by atoms with Crippen molar-refractivity contribution >= 4 is 5.95 Å². The Morgan fingerprint density at radius 1 is 1.19 bits per heavy atom. The minimum Gasteiger partial charge on any atom is -0.363 e. The Kier molecular flexibility index (Phi) is 3.07. The van der Waals surface area contributed by atoms with E-state index in [0.29, 0.717) is 17.8 Å². The maximum Gasteiger partial charge on any atom is 0.255 e. The summed E-state index contributed by atoms with van der Waals surface area (Å²) in [6, 6.07) is 2.18. The van der Waals surface area contributed by atoms with Crippen LogP contribution in [0.5, 0.6) is 0 Å². The second-order valence-corrected chi connectivity index (χ2v) is 5.52. The SMILES string of the molecule is Cc1noc([C@@H]2CC[C@H]3[C@H](CCN3c3ncccn3)O2)n1. The molecule has 2 aliphatic rings. The Labute approximate surface area is 122 Å². The molecule has 2 aromatic heterocycles. The summed E-state index contributed by atoms with van der Waals surface area (Å²) in [6.45, 7) is 2.75. The first-order valence-electron chi connectivity index (χ1n) is 7.30. The summed E-state index contributed by atoms with van der Waals surface area (Å²) in [6.07, 6.45) is 6.55. The normalized spacial score (nSPS) is 28.6. The zero-order valence-corrected chi connectivity index (χ0v) is 11.8. The molecule has 0 saturated carbocycles. The van der Waals surface area contributed by atoms with E-state index in [2.05, 4.69) is 25.0 Å². The third-order valence-electron chi connectivity index (χ3n) is 4.18. The van der Waals surface area contributed by atoms with Crippen LogP contribution < -0.4 is 4.90 Å². The molecule has 0 amide bonds. The van der Waals surface area contributed by atoms with Crippen LogP contribution in [-0.2, 0) is 4.74 Å². The number of aryl methyl sites for hydroxylation is 1. The van der Waals surface area contributed by atoms with Gasteiger partial charge in [-0.05, 0) is 32.3 Å². The lowest BCUT2D eigenvalue weighted by molar-refractivity contribution is -0.0657. The average molecular weight is 287 g/mol. The molecule has 2 aromatic rings. The standard InChI is InChI=1S/C14H17N5O2/c1-9-17-13(21-18-9)12-4-3-10-11(20-12)5-8-19(10)14-15-6-2-7-16-14/h2,6-7,10-12H,3-5,8H2,1H3/t10-,11-,12-/m0/s1. The summed E-state index contributed by atoms with van der Waals surface area (Å²) in [4.78, 5) is 15.2. The van der Waals surface area contributed by atoms with Crippen LogP contribution in [0.4, 0.5) is 5.95 Å². The Hall–Kier alpha value is -2.02. The van der Waals surface area contributed by atoms with Gasteiger partial charge < -0.3 is 14.2 Å². The van der Waals surface area contributed by atoms with Crippen LogP contribution >= 0.6 is 0 Å². The van der Waals surface area contributed by atoms with Crippen molar-refractivity contribution in [2.75, 3.05) is 11.4 Å². The maximum atomic E-state index is 6.17. The summed E-state index contributed by atoms with van der Waals surface area (Å²) in [5.74, 6) is 2.04. The summed E-state index contributed by atoms with van der Waals surface area (Å²) in [5, 5.41) is 3.84. The first-order valence-corrected chi connectivity index (χ1v) is 7.30. The van der Waals surface area contributed by atoms with E-state index in [1.807, 2.05) is 13.0 Å².